The van der Waals surface area contributed by atoms with Crippen LogP contribution >= 0.6 is 15.9 Å². The quantitative estimate of drug-likeness (QED) is 0.326. The SMILES string of the molecule is C[C@H](/C=C/CCO)[C@@]1(O)C(=O)N(Cc2ccc(-n3ncc4ccccc4c3=O)cc2)c2ccc(Br)cc21. The van der Waals surface area contributed by atoms with Crippen molar-refractivity contribution in [2.75, 3.05) is 11.5 Å². The summed E-state index contributed by atoms with van der Waals surface area (Å²) in [7, 11) is 0. The monoisotopic (exact) mass is 559 g/mol. The van der Waals surface area contributed by atoms with E-state index in [1.807, 2.05) is 42.5 Å². The molecule has 0 aliphatic carbocycles. The van der Waals surface area contributed by atoms with Crippen LogP contribution in [0.4, 0.5) is 5.69 Å². The van der Waals surface area contributed by atoms with Crippen LogP contribution in [0.1, 0.15) is 24.5 Å². The van der Waals surface area contributed by atoms with E-state index in [1.54, 1.807) is 54.4 Å². The van der Waals surface area contributed by atoms with Crippen molar-refractivity contribution in [3.8, 4) is 5.69 Å². The predicted molar refractivity (Wildman–Crippen MR) is 147 cm³/mol. The number of aliphatic hydroxyl groups is 2. The van der Waals surface area contributed by atoms with Gasteiger partial charge in [-0.25, -0.2) is 0 Å². The second kappa shape index (κ2) is 10.0. The third kappa shape index (κ3) is 4.41. The van der Waals surface area contributed by atoms with Gasteiger partial charge in [-0.1, -0.05) is 65.3 Å². The molecule has 1 aromatic heterocycles. The first-order valence-corrected chi connectivity index (χ1v) is 12.8. The summed E-state index contributed by atoms with van der Waals surface area (Å²) in [4.78, 5) is 28.2. The lowest BCUT2D eigenvalue weighted by Gasteiger charge is -2.27. The molecule has 1 amide bonds. The van der Waals surface area contributed by atoms with Crippen LogP contribution in [-0.4, -0.2) is 32.5 Å². The van der Waals surface area contributed by atoms with E-state index in [0.717, 1.165) is 15.4 Å². The Morgan fingerprint density at radius 3 is 2.59 bits per heavy atom. The Morgan fingerprint density at radius 1 is 1.08 bits per heavy atom. The zero-order chi connectivity index (χ0) is 26.2. The molecule has 0 fully saturated rings. The number of rotatable bonds is 7. The van der Waals surface area contributed by atoms with Crippen molar-refractivity contribution in [2.24, 2.45) is 5.92 Å². The van der Waals surface area contributed by atoms with E-state index in [-0.39, 0.29) is 18.7 Å². The van der Waals surface area contributed by atoms with Crippen LogP contribution in [0.5, 0.6) is 0 Å². The van der Waals surface area contributed by atoms with E-state index < -0.39 is 17.4 Å². The normalized spacial score (nSPS) is 18.1. The maximum atomic E-state index is 13.7. The lowest BCUT2D eigenvalue weighted by atomic mass is 9.83. The van der Waals surface area contributed by atoms with Crippen LogP contribution < -0.4 is 10.5 Å². The van der Waals surface area contributed by atoms with Gasteiger partial charge in [0.1, 0.15) is 0 Å². The fourth-order valence-corrected chi connectivity index (χ4v) is 5.15. The molecule has 0 unspecified atom stereocenters. The molecule has 188 valence electrons. The predicted octanol–water partition coefficient (Wildman–Crippen LogP) is 4.46. The highest BCUT2D eigenvalue weighted by atomic mass is 79.9. The van der Waals surface area contributed by atoms with Gasteiger partial charge in [0.05, 0.1) is 29.5 Å². The molecule has 8 heteroatoms. The Balaban J connectivity index is 1.45. The first-order valence-electron chi connectivity index (χ1n) is 12.0. The summed E-state index contributed by atoms with van der Waals surface area (Å²) in [5.41, 5.74) is 0.718. The number of anilines is 1. The number of aliphatic hydroxyl groups excluding tert-OH is 1. The second-order valence-electron chi connectivity index (χ2n) is 9.16. The molecule has 4 aromatic rings. The first kappa shape index (κ1) is 25.1. The van der Waals surface area contributed by atoms with E-state index in [1.165, 1.54) is 4.68 Å². The minimum Gasteiger partial charge on any atom is -0.396 e. The molecule has 5 rings (SSSR count). The molecule has 0 spiro atoms. The lowest BCUT2D eigenvalue weighted by Crippen LogP contribution is -2.44. The molecule has 3 aromatic carbocycles. The van der Waals surface area contributed by atoms with E-state index in [0.29, 0.717) is 28.7 Å². The summed E-state index contributed by atoms with van der Waals surface area (Å²) in [5.74, 6) is -0.906. The number of fused-ring (bicyclic) bond motifs is 2. The topological polar surface area (TPSA) is 95.7 Å². The van der Waals surface area contributed by atoms with E-state index in [4.69, 9.17) is 5.11 Å². The number of halogens is 1. The molecule has 2 heterocycles. The van der Waals surface area contributed by atoms with Crippen molar-refractivity contribution < 1.29 is 15.0 Å². The van der Waals surface area contributed by atoms with Crippen LogP contribution in [0, 0.1) is 5.92 Å². The molecule has 7 nitrogen and oxygen atoms in total. The minimum absolute atomic E-state index is 0.000693. The average Bonchev–Trinajstić information content (AvgIpc) is 3.12. The zero-order valence-corrected chi connectivity index (χ0v) is 21.8. The number of nitrogens with zero attached hydrogens (tertiary/aromatic N) is 3. The molecule has 1 aliphatic rings. The summed E-state index contributed by atoms with van der Waals surface area (Å²) in [6, 6.07) is 20.1. The van der Waals surface area contributed by atoms with Crippen LogP contribution in [0.15, 0.2) is 94.3 Å². The average molecular weight is 560 g/mol. The third-order valence-electron chi connectivity index (χ3n) is 6.83. The van der Waals surface area contributed by atoms with Crippen LogP contribution in [0.3, 0.4) is 0 Å². The third-order valence-corrected chi connectivity index (χ3v) is 7.32. The van der Waals surface area contributed by atoms with Crippen molar-refractivity contribution in [3.63, 3.8) is 0 Å². The molecule has 2 N–H and O–H groups in total. The number of carbonyl (C=O) groups is 1. The highest BCUT2D eigenvalue weighted by Crippen LogP contribution is 2.46. The molecule has 0 saturated heterocycles. The van der Waals surface area contributed by atoms with Crippen molar-refractivity contribution in [2.45, 2.75) is 25.5 Å². The molecule has 0 saturated carbocycles. The number of hydrogen-bond donors (Lipinski definition) is 2. The van der Waals surface area contributed by atoms with Gasteiger partial charge >= 0.3 is 0 Å². The number of benzene rings is 3. The molecular weight excluding hydrogens is 534 g/mol. The van der Waals surface area contributed by atoms with E-state index in [2.05, 4.69) is 21.0 Å². The molecule has 1 aliphatic heterocycles. The van der Waals surface area contributed by atoms with E-state index in [9.17, 15) is 14.7 Å². The van der Waals surface area contributed by atoms with Crippen LogP contribution in [0.2, 0.25) is 0 Å². The van der Waals surface area contributed by atoms with Crippen LogP contribution in [0.25, 0.3) is 16.5 Å². The lowest BCUT2D eigenvalue weighted by molar-refractivity contribution is -0.139. The number of hydrogen-bond acceptors (Lipinski definition) is 5. The second-order valence-corrected chi connectivity index (χ2v) is 10.1. The maximum Gasteiger partial charge on any atom is 0.279 e. The van der Waals surface area contributed by atoms with Gasteiger partial charge < -0.3 is 15.1 Å². The Kier molecular flexibility index (Phi) is 6.81. The molecule has 0 bridgehead atoms. The van der Waals surface area contributed by atoms with Gasteiger partial charge in [-0.05, 0) is 48.4 Å². The largest absolute Gasteiger partial charge is 0.396 e. The van der Waals surface area contributed by atoms with Gasteiger partial charge in [0.2, 0.25) is 0 Å². The minimum atomic E-state index is -1.73. The Labute approximate surface area is 222 Å². The first-order chi connectivity index (χ1) is 17.8. The summed E-state index contributed by atoms with van der Waals surface area (Å²) >= 11 is 3.46. The summed E-state index contributed by atoms with van der Waals surface area (Å²) in [6.45, 7) is 2.05. The summed E-state index contributed by atoms with van der Waals surface area (Å²) in [6.07, 6.45) is 5.66. The van der Waals surface area contributed by atoms with Crippen molar-refractivity contribution >= 4 is 38.3 Å². The van der Waals surface area contributed by atoms with Crippen molar-refractivity contribution in [3.05, 3.63) is 111 Å². The molecule has 0 radical (unpaired) electrons. The Hall–Kier alpha value is -3.59. The number of amides is 1. The molecule has 2 atom stereocenters. The van der Waals surface area contributed by atoms with Crippen molar-refractivity contribution in [1.29, 1.82) is 0 Å². The zero-order valence-electron chi connectivity index (χ0n) is 20.2. The fourth-order valence-electron chi connectivity index (χ4n) is 4.79. The number of aromatic nitrogens is 2. The van der Waals surface area contributed by atoms with Gasteiger partial charge in [-0.2, -0.15) is 9.78 Å². The smallest absolute Gasteiger partial charge is 0.279 e. The number of carbonyl (C=O) groups excluding carboxylic acids is 1. The standard InChI is InChI=1S/C29H26BrN3O4/c1-19(6-4-5-15-34)29(37)25-16-22(30)11-14-26(25)32(28(29)36)18-20-9-12-23(13-10-20)33-27(35)24-8-3-2-7-21(24)17-31-33/h2-4,6-14,16-17,19,34,37H,5,15,18H2,1H3/b6-4+/t19-,29+/m1/s1. The molecular formula is C29H26BrN3O4. The summed E-state index contributed by atoms with van der Waals surface area (Å²) in [5, 5.41) is 26.5. The summed E-state index contributed by atoms with van der Waals surface area (Å²) < 4.78 is 2.13. The fraction of sp³-hybridized carbons (Fsp3) is 0.207. The maximum absolute atomic E-state index is 13.7. The van der Waals surface area contributed by atoms with Crippen molar-refractivity contribution in [1.82, 2.24) is 9.78 Å². The van der Waals surface area contributed by atoms with Gasteiger partial charge in [-0.3, -0.25) is 9.59 Å². The van der Waals surface area contributed by atoms with Crippen LogP contribution in [-0.2, 0) is 16.9 Å². The molecule has 37 heavy (non-hydrogen) atoms. The highest BCUT2D eigenvalue weighted by Gasteiger charge is 2.52. The van der Waals surface area contributed by atoms with Gasteiger partial charge in [0.25, 0.3) is 11.5 Å². The highest BCUT2D eigenvalue weighted by molar-refractivity contribution is 9.10. The Morgan fingerprint density at radius 2 is 1.84 bits per heavy atom. The van der Waals surface area contributed by atoms with Gasteiger partial charge in [0, 0.05) is 27.9 Å². The Bertz CT molecular complexity index is 1560. The van der Waals surface area contributed by atoms with Gasteiger partial charge in [-0.15, -0.1) is 0 Å². The van der Waals surface area contributed by atoms with Gasteiger partial charge in [0.15, 0.2) is 5.60 Å². The van der Waals surface area contributed by atoms with E-state index >= 15 is 0 Å².